The van der Waals surface area contributed by atoms with Crippen LogP contribution in [0.1, 0.15) is 5.56 Å². The Morgan fingerprint density at radius 1 is 1.19 bits per heavy atom. The number of amidine groups is 1. The van der Waals surface area contributed by atoms with Crippen LogP contribution < -0.4 is 5.32 Å². The van der Waals surface area contributed by atoms with Crippen LogP contribution in [-0.4, -0.2) is 47.1 Å². The molecule has 0 bridgehead atoms. The number of nitrogens with zero attached hydrogens (tertiary/aromatic N) is 2. The van der Waals surface area contributed by atoms with Crippen molar-refractivity contribution >= 4 is 22.7 Å². The Morgan fingerprint density at radius 3 is 2.76 bits per heavy atom. The Labute approximate surface area is 121 Å². The van der Waals surface area contributed by atoms with E-state index in [1.807, 2.05) is 12.1 Å². The molecule has 0 spiro atoms. The molecule has 0 radical (unpaired) electrons. The van der Waals surface area contributed by atoms with Crippen LogP contribution in [0.3, 0.4) is 0 Å². The average molecular weight is 281 g/mol. The summed E-state index contributed by atoms with van der Waals surface area (Å²) in [6.45, 7) is 0.977. The van der Waals surface area contributed by atoms with Gasteiger partial charge in [-0.2, -0.15) is 0 Å². The number of benzene rings is 2. The van der Waals surface area contributed by atoms with E-state index in [-0.39, 0.29) is 12.1 Å². The van der Waals surface area contributed by atoms with E-state index in [9.17, 15) is 4.79 Å². The van der Waals surface area contributed by atoms with E-state index >= 15 is 0 Å². The predicted octanol–water partition coefficient (Wildman–Crippen LogP) is 1.92. The summed E-state index contributed by atoms with van der Waals surface area (Å²) >= 11 is 0. The largest absolute Gasteiger partial charge is 0.465 e. The van der Waals surface area contributed by atoms with Crippen LogP contribution >= 0.6 is 0 Å². The number of likely N-dealkylation sites (tertiary alicyclic amines) is 1. The molecule has 0 aromatic heterocycles. The van der Waals surface area contributed by atoms with Crippen molar-refractivity contribution in [3.8, 4) is 0 Å². The second kappa shape index (κ2) is 4.48. The summed E-state index contributed by atoms with van der Waals surface area (Å²) in [6, 6.07) is 14.6. The molecule has 2 aromatic carbocycles. The third-order valence-electron chi connectivity index (χ3n) is 4.20. The molecule has 2 aliphatic rings. The molecule has 0 saturated carbocycles. The number of amides is 1. The maximum absolute atomic E-state index is 11.0. The number of hydrogen-bond acceptors (Lipinski definition) is 3. The number of fused-ring (bicyclic) bond motifs is 2. The van der Waals surface area contributed by atoms with E-state index in [1.54, 1.807) is 0 Å². The van der Waals surface area contributed by atoms with Crippen LogP contribution in [0.2, 0.25) is 0 Å². The highest BCUT2D eigenvalue weighted by atomic mass is 16.4. The van der Waals surface area contributed by atoms with Gasteiger partial charge in [0.2, 0.25) is 0 Å². The summed E-state index contributed by atoms with van der Waals surface area (Å²) in [5.74, 6) is 0.876. The second-order valence-electron chi connectivity index (χ2n) is 5.55. The predicted molar refractivity (Wildman–Crippen MR) is 80.8 cm³/mol. The standard InChI is InChI=1S/C16H15N3O2/c20-16(21)19-8-13-14(9-19)18-15(17-13)12-6-5-10-3-1-2-4-11(10)7-12/h1-7,13-14H,8-9H2,(H,17,18)(H,20,21)/t13-,14+. The first-order chi connectivity index (χ1) is 10.2. The van der Waals surface area contributed by atoms with Gasteiger partial charge in [-0.1, -0.05) is 36.4 Å². The van der Waals surface area contributed by atoms with E-state index in [4.69, 9.17) is 5.11 Å². The van der Waals surface area contributed by atoms with E-state index in [0.29, 0.717) is 13.1 Å². The minimum absolute atomic E-state index is 0.0302. The van der Waals surface area contributed by atoms with Gasteiger partial charge in [0.25, 0.3) is 0 Å². The van der Waals surface area contributed by atoms with Crippen LogP contribution in [0.4, 0.5) is 4.79 Å². The number of aliphatic imine (C=N–C) groups is 1. The lowest BCUT2D eigenvalue weighted by molar-refractivity contribution is 0.154. The van der Waals surface area contributed by atoms with Crippen molar-refractivity contribution in [1.29, 1.82) is 0 Å². The molecule has 2 N–H and O–H groups in total. The van der Waals surface area contributed by atoms with Crippen molar-refractivity contribution in [2.75, 3.05) is 13.1 Å². The molecule has 1 fully saturated rings. The maximum atomic E-state index is 11.0. The molecule has 1 saturated heterocycles. The Morgan fingerprint density at radius 2 is 2.00 bits per heavy atom. The highest BCUT2D eigenvalue weighted by Crippen LogP contribution is 2.22. The molecule has 106 valence electrons. The molecule has 21 heavy (non-hydrogen) atoms. The summed E-state index contributed by atoms with van der Waals surface area (Å²) in [7, 11) is 0. The van der Waals surface area contributed by atoms with E-state index < -0.39 is 6.09 Å². The van der Waals surface area contributed by atoms with Crippen molar-refractivity contribution in [1.82, 2.24) is 10.2 Å². The van der Waals surface area contributed by atoms with Crippen molar-refractivity contribution in [2.24, 2.45) is 4.99 Å². The fourth-order valence-corrected chi connectivity index (χ4v) is 3.09. The number of nitrogens with one attached hydrogen (secondary N) is 1. The zero-order valence-corrected chi connectivity index (χ0v) is 11.4. The smallest absolute Gasteiger partial charge is 0.407 e. The van der Waals surface area contributed by atoms with Gasteiger partial charge in [-0.25, -0.2) is 4.79 Å². The summed E-state index contributed by atoms with van der Waals surface area (Å²) in [4.78, 5) is 17.1. The zero-order chi connectivity index (χ0) is 14.4. The molecule has 0 aliphatic carbocycles. The molecule has 5 nitrogen and oxygen atoms in total. The topological polar surface area (TPSA) is 64.9 Å². The summed E-state index contributed by atoms with van der Waals surface area (Å²) in [5.41, 5.74) is 1.06. The van der Waals surface area contributed by atoms with Crippen LogP contribution in [0, 0.1) is 0 Å². The van der Waals surface area contributed by atoms with E-state index in [0.717, 1.165) is 11.4 Å². The SMILES string of the molecule is O=C(O)N1C[C@@H]2NC(c3ccc4ccccc4c3)=N[C@@H]2C1. The van der Waals surface area contributed by atoms with Gasteiger partial charge >= 0.3 is 6.09 Å². The number of rotatable bonds is 1. The molecule has 4 rings (SSSR count). The molecule has 0 unspecified atom stereocenters. The van der Waals surface area contributed by atoms with Crippen molar-refractivity contribution in [3.63, 3.8) is 0 Å². The molecular weight excluding hydrogens is 266 g/mol. The molecular formula is C16H15N3O2. The first-order valence-corrected chi connectivity index (χ1v) is 7.02. The van der Waals surface area contributed by atoms with Gasteiger partial charge < -0.3 is 15.3 Å². The third kappa shape index (κ3) is 2.01. The van der Waals surface area contributed by atoms with E-state index in [2.05, 4.69) is 40.6 Å². The lowest BCUT2D eigenvalue weighted by Crippen LogP contribution is -2.36. The fourth-order valence-electron chi connectivity index (χ4n) is 3.09. The molecule has 2 aromatic rings. The monoisotopic (exact) mass is 281 g/mol. The molecule has 2 atom stereocenters. The average Bonchev–Trinajstić information content (AvgIpc) is 3.05. The number of hydrogen-bond donors (Lipinski definition) is 2. The van der Waals surface area contributed by atoms with Gasteiger partial charge in [-0.05, 0) is 16.8 Å². The fraction of sp³-hybridized carbons (Fsp3) is 0.250. The first-order valence-electron chi connectivity index (χ1n) is 7.02. The van der Waals surface area contributed by atoms with Crippen LogP contribution in [-0.2, 0) is 0 Å². The lowest BCUT2D eigenvalue weighted by Gasteiger charge is -2.13. The Balaban J connectivity index is 1.62. The van der Waals surface area contributed by atoms with E-state index in [1.165, 1.54) is 15.7 Å². The number of carbonyl (C=O) groups is 1. The maximum Gasteiger partial charge on any atom is 0.407 e. The Hall–Kier alpha value is -2.56. The van der Waals surface area contributed by atoms with Gasteiger partial charge in [0, 0.05) is 18.7 Å². The quantitative estimate of drug-likeness (QED) is 0.839. The first kappa shape index (κ1) is 12.2. The van der Waals surface area contributed by atoms with Crippen LogP contribution in [0.15, 0.2) is 47.5 Å². The Kier molecular flexibility index (Phi) is 2.60. The number of carboxylic acid groups (broad SMARTS) is 1. The van der Waals surface area contributed by atoms with Crippen molar-refractivity contribution < 1.29 is 9.90 Å². The van der Waals surface area contributed by atoms with Crippen molar-refractivity contribution in [2.45, 2.75) is 12.1 Å². The summed E-state index contributed by atoms with van der Waals surface area (Å²) in [6.07, 6.45) is -0.867. The molecule has 1 amide bonds. The highest BCUT2D eigenvalue weighted by molar-refractivity contribution is 6.03. The van der Waals surface area contributed by atoms with Gasteiger partial charge in [0.1, 0.15) is 5.84 Å². The normalized spacial score (nSPS) is 23.8. The summed E-state index contributed by atoms with van der Waals surface area (Å²) < 4.78 is 0. The molecule has 2 aliphatic heterocycles. The van der Waals surface area contributed by atoms with Gasteiger partial charge in [0.15, 0.2) is 0 Å². The minimum atomic E-state index is -0.867. The minimum Gasteiger partial charge on any atom is -0.465 e. The van der Waals surface area contributed by atoms with Gasteiger partial charge in [-0.15, -0.1) is 0 Å². The molecule has 5 heteroatoms. The Bertz CT molecular complexity index is 756. The van der Waals surface area contributed by atoms with Gasteiger partial charge in [0.05, 0.1) is 12.1 Å². The lowest BCUT2D eigenvalue weighted by atomic mass is 10.1. The van der Waals surface area contributed by atoms with Crippen LogP contribution in [0.5, 0.6) is 0 Å². The van der Waals surface area contributed by atoms with Gasteiger partial charge in [-0.3, -0.25) is 4.99 Å². The molecule has 2 heterocycles. The second-order valence-corrected chi connectivity index (χ2v) is 5.55. The van der Waals surface area contributed by atoms with Crippen LogP contribution in [0.25, 0.3) is 10.8 Å². The zero-order valence-electron chi connectivity index (χ0n) is 11.4. The summed E-state index contributed by atoms with van der Waals surface area (Å²) in [5, 5.41) is 14.8. The third-order valence-corrected chi connectivity index (χ3v) is 4.20. The van der Waals surface area contributed by atoms with Crippen molar-refractivity contribution in [3.05, 3.63) is 48.0 Å². The highest BCUT2D eigenvalue weighted by Gasteiger charge is 2.39.